The van der Waals surface area contributed by atoms with Crippen LogP contribution >= 0.6 is 0 Å². The van der Waals surface area contributed by atoms with Crippen LogP contribution in [0.1, 0.15) is 84.3 Å². The Balaban J connectivity index is 0.840. The van der Waals surface area contributed by atoms with Crippen LogP contribution in [0.2, 0.25) is 0 Å². The molecule has 0 radical (unpaired) electrons. The number of aromatic amines is 1. The van der Waals surface area contributed by atoms with E-state index in [9.17, 15) is 33.6 Å². The Bertz CT molecular complexity index is 3350. The Kier molecular flexibility index (Phi) is 12.0. The number of imide groups is 1. The summed E-state index contributed by atoms with van der Waals surface area (Å²) in [6, 6.07) is 17.3. The van der Waals surface area contributed by atoms with Gasteiger partial charge < -0.3 is 35.3 Å². The van der Waals surface area contributed by atoms with E-state index < -0.39 is 23.9 Å². The molecule has 3 atom stereocenters. The average molecular weight is 950 g/mol. The normalized spacial score (nSPS) is 18.0. The van der Waals surface area contributed by atoms with Crippen LogP contribution in [0.25, 0.3) is 55.4 Å². The van der Waals surface area contributed by atoms with Gasteiger partial charge in [-0.25, -0.2) is 14.6 Å². The molecule has 10 rings (SSSR count). The number of aryl methyl sites for hydroxylation is 1. The number of alkyl carbamates (subject to hydrolysis) is 1. The molecule has 1 saturated heterocycles. The van der Waals surface area contributed by atoms with Gasteiger partial charge in [0.05, 0.1) is 53.7 Å². The minimum Gasteiger partial charge on any atom is -0.453 e. The van der Waals surface area contributed by atoms with Crippen LogP contribution in [0.3, 0.4) is 0 Å². The first-order valence-corrected chi connectivity index (χ1v) is 23.3. The molecular formula is C50H51N11O9. The molecule has 1 saturated carbocycles. The van der Waals surface area contributed by atoms with Crippen molar-refractivity contribution in [2.75, 3.05) is 32.2 Å². The highest BCUT2D eigenvalue weighted by Gasteiger charge is 2.39. The number of pyridine rings is 1. The number of methoxy groups -OCH3 is 1. The number of carbonyl (C=O) groups excluding carboxylic acids is 6. The molecule has 360 valence electrons. The van der Waals surface area contributed by atoms with E-state index in [0.717, 1.165) is 44.2 Å². The molecule has 3 aromatic carbocycles. The number of hydrogen-bond donors (Lipinski definition) is 5. The number of rotatable bonds is 13. The number of nitrogens with zero attached hydrogens (tertiary/aromatic N) is 6. The first kappa shape index (κ1) is 45.6. The lowest BCUT2D eigenvalue weighted by molar-refractivity contribution is -0.137. The predicted molar refractivity (Wildman–Crippen MR) is 258 cm³/mol. The molecule has 3 aliphatic rings. The maximum absolute atomic E-state index is 14.2. The van der Waals surface area contributed by atoms with Gasteiger partial charge in [0, 0.05) is 72.4 Å². The van der Waals surface area contributed by atoms with E-state index in [1.54, 1.807) is 48.1 Å². The minimum absolute atomic E-state index is 0.0605. The quantitative estimate of drug-likeness (QED) is 0.0754. The fourth-order valence-electron chi connectivity index (χ4n) is 10.1. The maximum atomic E-state index is 14.2. The fraction of sp³-hybridized carbons (Fsp3) is 0.340. The summed E-state index contributed by atoms with van der Waals surface area (Å²) in [5, 5.41) is 17.2. The molecule has 0 bridgehead atoms. The van der Waals surface area contributed by atoms with Crippen molar-refractivity contribution in [1.82, 2.24) is 49.7 Å². The van der Waals surface area contributed by atoms with Gasteiger partial charge in [0.25, 0.3) is 11.8 Å². The number of fused-ring (bicyclic) bond motifs is 5. The van der Waals surface area contributed by atoms with Gasteiger partial charge in [0.2, 0.25) is 17.7 Å². The van der Waals surface area contributed by atoms with Crippen LogP contribution in [-0.4, -0.2) is 108 Å². The van der Waals surface area contributed by atoms with E-state index in [2.05, 4.69) is 63.4 Å². The van der Waals surface area contributed by atoms with Crippen molar-refractivity contribution in [2.45, 2.75) is 76.7 Å². The summed E-state index contributed by atoms with van der Waals surface area (Å²) in [7, 11) is 3.07. The Labute approximate surface area is 399 Å². The number of nitrogens with one attached hydrogen (secondary N) is 5. The molecule has 5 N–H and O–H groups in total. The Morgan fingerprint density at radius 2 is 1.73 bits per heavy atom. The molecule has 1 aliphatic carbocycles. The topological polar surface area (TPSA) is 246 Å². The van der Waals surface area contributed by atoms with Crippen molar-refractivity contribution in [2.24, 2.45) is 7.05 Å². The van der Waals surface area contributed by atoms with E-state index in [-0.39, 0.29) is 80.7 Å². The maximum Gasteiger partial charge on any atom is 0.407 e. The Morgan fingerprint density at radius 1 is 0.929 bits per heavy atom. The van der Waals surface area contributed by atoms with Gasteiger partial charge in [-0.3, -0.25) is 43.1 Å². The summed E-state index contributed by atoms with van der Waals surface area (Å²) in [6.45, 7) is 4.25. The zero-order valence-electron chi connectivity index (χ0n) is 39.0. The zero-order chi connectivity index (χ0) is 49.0. The zero-order valence-corrected chi connectivity index (χ0v) is 39.0. The van der Waals surface area contributed by atoms with E-state index in [1.165, 1.54) is 12.0 Å². The van der Waals surface area contributed by atoms with Crippen LogP contribution in [0.15, 0.2) is 77.9 Å². The average Bonchev–Trinajstić information content (AvgIpc) is 4.18. The van der Waals surface area contributed by atoms with Crippen molar-refractivity contribution < 1.29 is 38.2 Å². The SMILES string of the molecule is COC(=O)N[C@@H]1CC[C@@H](n2c(=O)n(C)c3cnc4[nH]c(-c5ccc(C(=O)NCCOCC(=O)Nc6ccc7c(c6)CN(C6CCC(=O)NC6=O)C7=O)cc5)c(-c5ccc6c(cnn6C(C)C)c5)c4c32)C1. The first-order chi connectivity index (χ1) is 33.8. The van der Waals surface area contributed by atoms with Gasteiger partial charge in [0.15, 0.2) is 0 Å². The lowest BCUT2D eigenvalue weighted by Gasteiger charge is -2.29. The largest absolute Gasteiger partial charge is 0.453 e. The number of amides is 6. The molecule has 2 aliphatic heterocycles. The number of carbonyl (C=O) groups is 6. The third-order valence-corrected chi connectivity index (χ3v) is 13.5. The lowest BCUT2D eigenvalue weighted by atomic mass is 9.96. The van der Waals surface area contributed by atoms with Crippen molar-refractivity contribution in [3.05, 3.63) is 100 Å². The summed E-state index contributed by atoms with van der Waals surface area (Å²) < 4.78 is 15.9. The number of H-pyrrole nitrogens is 1. The lowest BCUT2D eigenvalue weighted by Crippen LogP contribution is -2.52. The Hall–Kier alpha value is -8.13. The summed E-state index contributed by atoms with van der Waals surface area (Å²) >= 11 is 0. The Morgan fingerprint density at radius 3 is 2.50 bits per heavy atom. The van der Waals surface area contributed by atoms with Gasteiger partial charge in [-0.05, 0) is 98.7 Å². The number of aromatic nitrogens is 6. The van der Waals surface area contributed by atoms with Gasteiger partial charge >= 0.3 is 11.8 Å². The number of imidazole rings is 1. The molecule has 0 spiro atoms. The molecule has 6 amide bonds. The highest BCUT2D eigenvalue weighted by molar-refractivity contribution is 6.15. The van der Waals surface area contributed by atoms with E-state index in [0.29, 0.717) is 52.8 Å². The minimum atomic E-state index is -0.738. The van der Waals surface area contributed by atoms with Crippen LogP contribution in [0.4, 0.5) is 10.5 Å². The van der Waals surface area contributed by atoms with Crippen molar-refractivity contribution in [3.8, 4) is 22.4 Å². The summed E-state index contributed by atoms with van der Waals surface area (Å²) in [6.07, 6.45) is 5.36. The van der Waals surface area contributed by atoms with Gasteiger partial charge in [-0.1, -0.05) is 18.2 Å². The number of anilines is 1. The number of piperidine rings is 1. The van der Waals surface area contributed by atoms with Crippen molar-refractivity contribution >= 4 is 74.3 Å². The summed E-state index contributed by atoms with van der Waals surface area (Å²) in [5.74, 6) is -1.93. The van der Waals surface area contributed by atoms with Crippen LogP contribution in [0, 0.1) is 0 Å². The molecule has 4 aromatic heterocycles. The highest BCUT2D eigenvalue weighted by atomic mass is 16.5. The van der Waals surface area contributed by atoms with Gasteiger partial charge in [-0.15, -0.1) is 0 Å². The third kappa shape index (κ3) is 8.33. The fourth-order valence-corrected chi connectivity index (χ4v) is 10.1. The first-order valence-electron chi connectivity index (χ1n) is 23.3. The van der Waals surface area contributed by atoms with E-state index >= 15 is 0 Å². The predicted octanol–water partition coefficient (Wildman–Crippen LogP) is 5.08. The second kappa shape index (κ2) is 18.4. The van der Waals surface area contributed by atoms with Crippen molar-refractivity contribution in [3.63, 3.8) is 0 Å². The second-order valence-corrected chi connectivity index (χ2v) is 18.3. The standard InChI is InChI=1S/C50H51N11O9/c1-26(2)61-36-14-9-29(19-30(36)22-53-61)41-42-44-38(58(3)50(68)60(44)34-12-10-33(21-34)55-49(67)69-4)23-52-45(42)57-43(41)27-5-7-28(8-6-27)46(64)51-17-18-70-25-40(63)54-32-11-13-35-31(20-32)24-59(48(35)66)37-15-16-39(62)56-47(37)65/h5-9,11,13-14,19-20,22-23,26,33-34,37H,10,12,15-18,21,24-25H2,1-4H3,(H,51,64)(H,52,57)(H,54,63)(H,55,67)(H,56,62,65)/t33-,34-,37?/m1/s1. The summed E-state index contributed by atoms with van der Waals surface area (Å²) in [5.41, 5.74) is 7.95. The van der Waals surface area contributed by atoms with E-state index in [1.807, 2.05) is 27.6 Å². The number of ether oxygens (including phenoxy) is 2. The second-order valence-electron chi connectivity index (χ2n) is 18.3. The molecule has 6 heterocycles. The molecule has 20 nitrogen and oxygen atoms in total. The molecule has 2 fully saturated rings. The monoisotopic (exact) mass is 949 g/mol. The third-order valence-electron chi connectivity index (χ3n) is 13.5. The van der Waals surface area contributed by atoms with Gasteiger partial charge in [0.1, 0.15) is 18.3 Å². The smallest absolute Gasteiger partial charge is 0.407 e. The molecule has 7 aromatic rings. The number of hydrogen-bond acceptors (Lipinski definition) is 11. The molecule has 70 heavy (non-hydrogen) atoms. The van der Waals surface area contributed by atoms with Crippen molar-refractivity contribution in [1.29, 1.82) is 0 Å². The van der Waals surface area contributed by atoms with Crippen LogP contribution < -0.4 is 27.0 Å². The van der Waals surface area contributed by atoms with Crippen LogP contribution in [-0.2, 0) is 37.4 Å². The van der Waals surface area contributed by atoms with E-state index in [4.69, 9.17) is 14.5 Å². The molecule has 20 heteroatoms. The highest BCUT2D eigenvalue weighted by Crippen LogP contribution is 2.43. The molecular weight excluding hydrogens is 899 g/mol. The van der Waals surface area contributed by atoms with Crippen LogP contribution in [0.5, 0.6) is 0 Å². The number of benzene rings is 3. The van der Waals surface area contributed by atoms with Gasteiger partial charge in [-0.2, -0.15) is 5.10 Å². The molecule has 1 unspecified atom stereocenters. The summed E-state index contributed by atoms with van der Waals surface area (Å²) in [4.78, 5) is 99.3.